The maximum Gasteiger partial charge on any atom is 0.250 e. The lowest BCUT2D eigenvalue weighted by molar-refractivity contribution is -0.119. The molecule has 1 aliphatic heterocycles. The van der Waals surface area contributed by atoms with Crippen LogP contribution in [0.4, 0.5) is 0 Å². The van der Waals surface area contributed by atoms with Gasteiger partial charge in [-0.15, -0.1) is 11.3 Å². The average Bonchev–Trinajstić information content (AvgIpc) is 3.09. The minimum absolute atomic E-state index is 0.130. The molecule has 2 heterocycles. The van der Waals surface area contributed by atoms with Gasteiger partial charge in [0.1, 0.15) is 4.21 Å². The van der Waals surface area contributed by atoms with E-state index in [1.807, 2.05) is 0 Å². The first-order chi connectivity index (χ1) is 12.3. The topological polar surface area (TPSA) is 81.8 Å². The van der Waals surface area contributed by atoms with Gasteiger partial charge in [0.05, 0.1) is 6.54 Å². The average molecular weight is 403 g/mol. The molecular weight excluding hydrogens is 372 g/mol. The van der Waals surface area contributed by atoms with Gasteiger partial charge in [-0.1, -0.05) is 13.8 Å². The van der Waals surface area contributed by atoms with Gasteiger partial charge in [-0.25, -0.2) is 13.1 Å². The van der Waals surface area contributed by atoms with Gasteiger partial charge in [0.25, 0.3) is 0 Å². The number of likely N-dealkylation sites (N-methyl/N-ethyl adjacent to an activating group) is 1. The molecule has 1 aromatic rings. The first kappa shape index (κ1) is 21.3. The fraction of sp³-hybridized carbons (Fsp3) is 0.706. The molecule has 0 bridgehead atoms. The number of nitrogens with one attached hydrogen (secondary N) is 2. The minimum Gasteiger partial charge on any atom is -0.351 e. The van der Waals surface area contributed by atoms with E-state index >= 15 is 0 Å². The smallest absolute Gasteiger partial charge is 0.250 e. The maximum atomic E-state index is 12.5. The van der Waals surface area contributed by atoms with Gasteiger partial charge in [0, 0.05) is 51.1 Å². The highest BCUT2D eigenvalue weighted by Crippen LogP contribution is 2.21. The zero-order valence-corrected chi connectivity index (χ0v) is 17.5. The van der Waals surface area contributed by atoms with Crippen molar-refractivity contribution < 1.29 is 13.2 Å². The van der Waals surface area contributed by atoms with Crippen LogP contribution in [0.2, 0.25) is 0 Å². The van der Waals surface area contributed by atoms with Crippen LogP contribution in [0.1, 0.15) is 25.6 Å². The van der Waals surface area contributed by atoms with Gasteiger partial charge in [0.15, 0.2) is 0 Å². The first-order valence-corrected chi connectivity index (χ1v) is 11.4. The van der Waals surface area contributed by atoms with E-state index in [-0.39, 0.29) is 11.8 Å². The molecule has 1 aromatic heterocycles. The number of hydrogen-bond donors (Lipinski definition) is 2. The quantitative estimate of drug-likeness (QED) is 0.642. The van der Waals surface area contributed by atoms with E-state index in [1.165, 1.54) is 18.3 Å². The third-order valence-electron chi connectivity index (χ3n) is 4.52. The van der Waals surface area contributed by atoms with Crippen molar-refractivity contribution in [2.24, 2.45) is 5.92 Å². The molecule has 1 saturated heterocycles. The first-order valence-electron chi connectivity index (χ1n) is 9.07. The third-order valence-corrected chi connectivity index (χ3v) is 7.52. The number of hydrogen-bond acceptors (Lipinski definition) is 6. The molecule has 0 aromatic carbocycles. The summed E-state index contributed by atoms with van der Waals surface area (Å²) in [7, 11) is -3.50. The van der Waals surface area contributed by atoms with E-state index in [1.54, 1.807) is 12.1 Å². The molecule has 0 aliphatic carbocycles. The van der Waals surface area contributed by atoms with Crippen molar-refractivity contribution in [2.45, 2.75) is 31.5 Å². The van der Waals surface area contributed by atoms with E-state index in [0.29, 0.717) is 17.3 Å². The molecule has 1 amide bonds. The number of carbonyl (C=O) groups excluding carboxylic acids is 1. The van der Waals surface area contributed by atoms with Crippen LogP contribution in [0.5, 0.6) is 0 Å². The molecule has 2 N–H and O–H groups in total. The number of rotatable bonds is 9. The van der Waals surface area contributed by atoms with Crippen molar-refractivity contribution in [3.63, 3.8) is 0 Å². The van der Waals surface area contributed by atoms with E-state index in [4.69, 9.17) is 0 Å². The van der Waals surface area contributed by atoms with Crippen molar-refractivity contribution >= 4 is 27.3 Å². The largest absolute Gasteiger partial charge is 0.351 e. The monoisotopic (exact) mass is 402 g/mol. The van der Waals surface area contributed by atoms with Crippen LogP contribution in [-0.4, -0.2) is 69.9 Å². The summed E-state index contributed by atoms with van der Waals surface area (Å²) in [6, 6.07) is 3.34. The molecular formula is C17H30N4O3S2. The Morgan fingerprint density at radius 3 is 2.50 bits per heavy atom. The summed E-state index contributed by atoms with van der Waals surface area (Å²) in [5.41, 5.74) is 0. The lowest BCUT2D eigenvalue weighted by Crippen LogP contribution is -2.48. The van der Waals surface area contributed by atoms with Gasteiger partial charge >= 0.3 is 0 Å². The molecule has 1 unspecified atom stereocenters. The summed E-state index contributed by atoms with van der Waals surface area (Å²) >= 11 is 1.19. The number of piperazine rings is 1. The van der Waals surface area contributed by atoms with Gasteiger partial charge in [0.2, 0.25) is 15.9 Å². The Morgan fingerprint density at radius 1 is 1.23 bits per heavy atom. The highest BCUT2D eigenvalue weighted by molar-refractivity contribution is 7.91. The van der Waals surface area contributed by atoms with Crippen molar-refractivity contribution in [3.8, 4) is 0 Å². The maximum absolute atomic E-state index is 12.5. The lowest BCUT2D eigenvalue weighted by Gasteiger charge is -2.35. The fourth-order valence-electron chi connectivity index (χ4n) is 2.93. The molecule has 1 fully saturated rings. The van der Waals surface area contributed by atoms with Crippen LogP contribution in [-0.2, 0) is 21.4 Å². The molecule has 0 spiro atoms. The number of sulfonamides is 1. The van der Waals surface area contributed by atoms with Crippen LogP contribution in [0.3, 0.4) is 0 Å². The molecule has 1 atom stereocenters. The minimum atomic E-state index is -3.50. The second-order valence-corrected chi connectivity index (χ2v) is 9.98. The summed E-state index contributed by atoms with van der Waals surface area (Å²) in [5, 5.41) is 2.68. The Bertz CT molecular complexity index is 682. The van der Waals surface area contributed by atoms with Gasteiger partial charge in [-0.2, -0.15) is 0 Å². The number of nitrogens with zero attached hydrogens (tertiary/aromatic N) is 2. The van der Waals surface area contributed by atoms with E-state index in [0.717, 1.165) is 44.1 Å². The molecule has 26 heavy (non-hydrogen) atoms. The second kappa shape index (κ2) is 9.80. The van der Waals surface area contributed by atoms with Crippen molar-refractivity contribution in [1.29, 1.82) is 0 Å². The Hall–Kier alpha value is -1.00. The predicted molar refractivity (Wildman–Crippen MR) is 105 cm³/mol. The van der Waals surface area contributed by atoms with Crippen LogP contribution in [0, 0.1) is 5.92 Å². The molecule has 0 saturated carbocycles. The van der Waals surface area contributed by atoms with Crippen molar-refractivity contribution in [3.05, 3.63) is 17.0 Å². The number of amides is 1. The van der Waals surface area contributed by atoms with Gasteiger partial charge in [-0.05, 0) is 24.6 Å². The SMILES string of the molecule is CCN1CCN(CC(C)CNS(=O)(=O)c2ccc(CNC(C)=O)s2)CC1. The second-order valence-electron chi connectivity index (χ2n) is 6.82. The zero-order chi connectivity index (χ0) is 19.2. The number of carbonyl (C=O) groups is 1. The summed E-state index contributed by atoms with van der Waals surface area (Å²) in [4.78, 5) is 16.6. The summed E-state index contributed by atoms with van der Waals surface area (Å²) < 4.78 is 27.9. The van der Waals surface area contributed by atoms with E-state index in [2.05, 4.69) is 33.7 Å². The molecule has 148 valence electrons. The van der Waals surface area contributed by atoms with E-state index < -0.39 is 10.0 Å². The normalized spacial score (nSPS) is 18.0. The fourth-order valence-corrected chi connectivity index (χ4v) is 5.43. The van der Waals surface area contributed by atoms with Crippen molar-refractivity contribution in [1.82, 2.24) is 19.8 Å². The Morgan fingerprint density at radius 2 is 1.88 bits per heavy atom. The molecule has 7 nitrogen and oxygen atoms in total. The standard InChI is InChI=1S/C17H30N4O3S2/c1-4-20-7-9-21(10-8-20)13-14(2)11-19-26(23,24)17-6-5-16(25-17)12-18-15(3)22/h5-6,14,19H,4,7-13H2,1-3H3,(H,18,22). The molecule has 9 heteroatoms. The van der Waals surface area contributed by atoms with Crippen LogP contribution < -0.4 is 10.0 Å². The predicted octanol–water partition coefficient (Wildman–Crippen LogP) is 0.936. The van der Waals surface area contributed by atoms with Crippen LogP contribution in [0.15, 0.2) is 16.3 Å². The third kappa shape index (κ3) is 6.62. The Balaban J connectivity index is 1.79. The van der Waals surface area contributed by atoms with Gasteiger partial charge < -0.3 is 15.1 Å². The Labute approximate surface area is 160 Å². The Kier molecular flexibility index (Phi) is 8.03. The van der Waals surface area contributed by atoms with Gasteiger partial charge in [-0.3, -0.25) is 4.79 Å². The number of thiophene rings is 1. The summed E-state index contributed by atoms with van der Waals surface area (Å²) in [6.07, 6.45) is 0. The molecule has 1 aliphatic rings. The molecule has 0 radical (unpaired) electrons. The van der Waals surface area contributed by atoms with Crippen molar-refractivity contribution in [2.75, 3.05) is 45.8 Å². The van der Waals surface area contributed by atoms with E-state index in [9.17, 15) is 13.2 Å². The highest BCUT2D eigenvalue weighted by atomic mass is 32.2. The zero-order valence-electron chi connectivity index (χ0n) is 15.8. The highest BCUT2D eigenvalue weighted by Gasteiger charge is 2.20. The molecule has 2 rings (SSSR count). The summed E-state index contributed by atoms with van der Waals surface area (Å²) in [6.45, 7) is 12.7. The van der Waals surface area contributed by atoms with Crippen LogP contribution in [0.25, 0.3) is 0 Å². The lowest BCUT2D eigenvalue weighted by atomic mass is 10.1. The summed E-state index contributed by atoms with van der Waals surface area (Å²) in [5.74, 6) is 0.117. The van der Waals surface area contributed by atoms with Crippen LogP contribution >= 0.6 is 11.3 Å².